The van der Waals surface area contributed by atoms with Gasteiger partial charge in [0.2, 0.25) is 0 Å². The quantitative estimate of drug-likeness (QED) is 0.616. The largest absolute Gasteiger partial charge is 0.354 e. The fraction of sp³-hybridized carbons (Fsp3) is 0.100. The van der Waals surface area contributed by atoms with Gasteiger partial charge in [-0.3, -0.25) is 4.99 Å². The van der Waals surface area contributed by atoms with Gasteiger partial charge < -0.3 is 4.98 Å². The Hall–Kier alpha value is -1.57. The van der Waals surface area contributed by atoms with Crippen LogP contribution in [0.15, 0.2) is 35.3 Å². The van der Waals surface area contributed by atoms with Gasteiger partial charge in [-0.2, -0.15) is 0 Å². The van der Waals surface area contributed by atoms with E-state index in [9.17, 15) is 0 Å². The van der Waals surface area contributed by atoms with Crippen LogP contribution in [0.3, 0.4) is 0 Å². The van der Waals surface area contributed by atoms with E-state index in [1.807, 2.05) is 18.3 Å². The minimum absolute atomic E-state index is 1.05. The zero-order chi connectivity index (χ0) is 8.39. The van der Waals surface area contributed by atoms with E-state index in [2.05, 4.69) is 28.2 Å². The van der Waals surface area contributed by atoms with E-state index in [1.165, 1.54) is 5.39 Å². The van der Waals surface area contributed by atoms with Crippen molar-refractivity contribution in [2.45, 2.75) is 0 Å². The summed E-state index contributed by atoms with van der Waals surface area (Å²) in [7, 11) is 1.77. The van der Waals surface area contributed by atoms with Crippen molar-refractivity contribution >= 4 is 17.1 Å². The Kier molecular flexibility index (Phi) is 1.67. The minimum Gasteiger partial charge on any atom is -0.354 e. The lowest BCUT2D eigenvalue weighted by molar-refractivity contribution is 1.40. The Morgan fingerprint density at radius 2 is 2.17 bits per heavy atom. The van der Waals surface area contributed by atoms with Crippen molar-refractivity contribution in [3.8, 4) is 0 Å². The van der Waals surface area contributed by atoms with E-state index in [0.29, 0.717) is 0 Å². The van der Waals surface area contributed by atoms with Gasteiger partial charge in [0.25, 0.3) is 0 Å². The molecule has 0 radical (unpaired) electrons. The third-order valence-corrected chi connectivity index (χ3v) is 1.82. The van der Waals surface area contributed by atoms with Crippen molar-refractivity contribution in [3.05, 3.63) is 36.0 Å². The van der Waals surface area contributed by atoms with Crippen LogP contribution in [0.4, 0.5) is 0 Å². The highest BCUT2D eigenvalue weighted by molar-refractivity contribution is 5.89. The van der Waals surface area contributed by atoms with Gasteiger partial charge >= 0.3 is 0 Å². The van der Waals surface area contributed by atoms with E-state index in [4.69, 9.17) is 0 Å². The molecule has 0 bridgehead atoms. The molecule has 60 valence electrons. The molecule has 0 spiro atoms. The summed E-state index contributed by atoms with van der Waals surface area (Å²) in [6, 6.07) is 10.3. The highest BCUT2D eigenvalue weighted by Gasteiger charge is 1.95. The molecule has 2 nitrogen and oxygen atoms in total. The van der Waals surface area contributed by atoms with Crippen molar-refractivity contribution in [2.24, 2.45) is 4.99 Å². The summed E-state index contributed by atoms with van der Waals surface area (Å²) in [6.07, 6.45) is 1.82. The number of H-pyrrole nitrogens is 1. The summed E-state index contributed by atoms with van der Waals surface area (Å²) in [6.45, 7) is 0. The number of aromatic amines is 1. The predicted molar refractivity (Wildman–Crippen MR) is 51.8 cm³/mol. The van der Waals surface area contributed by atoms with E-state index in [-0.39, 0.29) is 0 Å². The van der Waals surface area contributed by atoms with Crippen molar-refractivity contribution < 1.29 is 0 Å². The van der Waals surface area contributed by atoms with Gasteiger partial charge in [-0.15, -0.1) is 0 Å². The van der Waals surface area contributed by atoms with E-state index in [0.717, 1.165) is 11.2 Å². The first-order valence-corrected chi connectivity index (χ1v) is 3.90. The number of hydrogen-bond acceptors (Lipinski definition) is 1. The van der Waals surface area contributed by atoms with Crippen LogP contribution in [-0.4, -0.2) is 18.2 Å². The second-order valence-corrected chi connectivity index (χ2v) is 2.70. The third kappa shape index (κ3) is 1.11. The maximum atomic E-state index is 3.94. The lowest BCUT2D eigenvalue weighted by Gasteiger charge is -1.83. The fourth-order valence-corrected chi connectivity index (χ4v) is 1.30. The molecule has 1 aromatic carbocycles. The molecule has 12 heavy (non-hydrogen) atoms. The molecule has 0 saturated carbocycles. The van der Waals surface area contributed by atoms with Crippen LogP contribution >= 0.6 is 0 Å². The van der Waals surface area contributed by atoms with Gasteiger partial charge in [-0.25, -0.2) is 0 Å². The summed E-state index contributed by atoms with van der Waals surface area (Å²) < 4.78 is 0. The van der Waals surface area contributed by atoms with Gasteiger partial charge in [-0.1, -0.05) is 18.2 Å². The van der Waals surface area contributed by atoms with Crippen LogP contribution in [0, 0.1) is 0 Å². The lowest BCUT2D eigenvalue weighted by Crippen LogP contribution is -1.76. The van der Waals surface area contributed by atoms with Gasteiger partial charge in [0, 0.05) is 24.2 Å². The summed E-state index contributed by atoms with van der Waals surface area (Å²) >= 11 is 0. The maximum absolute atomic E-state index is 3.94. The normalized spacial score (nSPS) is 11.4. The Balaban J connectivity index is 2.62. The zero-order valence-electron chi connectivity index (χ0n) is 6.91. The fourth-order valence-electron chi connectivity index (χ4n) is 1.30. The average molecular weight is 158 g/mol. The van der Waals surface area contributed by atoms with Crippen LogP contribution in [-0.2, 0) is 0 Å². The molecule has 0 aliphatic rings. The summed E-state index contributed by atoms with van der Waals surface area (Å²) in [5.41, 5.74) is 2.21. The van der Waals surface area contributed by atoms with E-state index < -0.39 is 0 Å². The number of benzene rings is 1. The Morgan fingerprint density at radius 3 is 2.92 bits per heavy atom. The first-order chi connectivity index (χ1) is 5.90. The lowest BCUT2D eigenvalue weighted by atomic mass is 10.2. The van der Waals surface area contributed by atoms with Crippen LogP contribution < -0.4 is 0 Å². The molecule has 0 aliphatic carbocycles. The molecule has 1 heterocycles. The topological polar surface area (TPSA) is 28.1 Å². The third-order valence-electron chi connectivity index (χ3n) is 1.82. The molecule has 2 heteroatoms. The minimum atomic E-state index is 1.05. The Labute approximate surface area is 70.9 Å². The van der Waals surface area contributed by atoms with E-state index >= 15 is 0 Å². The number of nitrogens with zero attached hydrogens (tertiary/aromatic N) is 1. The molecule has 0 fully saturated rings. The number of hydrogen-bond donors (Lipinski definition) is 1. The zero-order valence-corrected chi connectivity index (χ0v) is 6.91. The average Bonchev–Trinajstić information content (AvgIpc) is 2.47. The number of fused-ring (bicyclic) bond motifs is 1. The SMILES string of the molecule is CN=Cc1cc2ccccc2[nH]1. The molecule has 1 aromatic heterocycles. The standard InChI is InChI=1S/C10H10N2/c1-11-7-9-6-8-4-2-3-5-10(8)12-9/h2-7,12H,1H3. The first-order valence-electron chi connectivity index (χ1n) is 3.90. The monoisotopic (exact) mass is 158 g/mol. The molecule has 2 aromatic rings. The number of aliphatic imine (C=N–C) groups is 1. The molecular formula is C10H10N2. The summed E-state index contributed by atoms with van der Waals surface area (Å²) in [5.74, 6) is 0. The molecule has 0 saturated heterocycles. The molecule has 0 unspecified atom stereocenters. The molecule has 2 rings (SSSR count). The van der Waals surface area contributed by atoms with Gasteiger partial charge in [-0.05, 0) is 12.1 Å². The molecule has 0 aliphatic heterocycles. The smallest absolute Gasteiger partial charge is 0.0572 e. The van der Waals surface area contributed by atoms with Crippen molar-refractivity contribution in [1.82, 2.24) is 4.98 Å². The van der Waals surface area contributed by atoms with Crippen LogP contribution in [0.25, 0.3) is 10.9 Å². The van der Waals surface area contributed by atoms with Gasteiger partial charge in [0.1, 0.15) is 0 Å². The summed E-state index contributed by atoms with van der Waals surface area (Å²) in [4.78, 5) is 7.19. The van der Waals surface area contributed by atoms with Crippen LogP contribution in [0.5, 0.6) is 0 Å². The second kappa shape index (κ2) is 2.81. The van der Waals surface area contributed by atoms with Crippen LogP contribution in [0.2, 0.25) is 0 Å². The highest BCUT2D eigenvalue weighted by atomic mass is 14.7. The molecular weight excluding hydrogens is 148 g/mol. The predicted octanol–water partition coefficient (Wildman–Crippen LogP) is 2.22. The number of aromatic nitrogens is 1. The maximum Gasteiger partial charge on any atom is 0.0572 e. The first kappa shape index (κ1) is 7.10. The van der Waals surface area contributed by atoms with Crippen molar-refractivity contribution in [3.63, 3.8) is 0 Å². The number of rotatable bonds is 1. The molecule has 0 amide bonds. The Morgan fingerprint density at radius 1 is 1.33 bits per heavy atom. The second-order valence-electron chi connectivity index (χ2n) is 2.70. The summed E-state index contributed by atoms with van der Waals surface area (Å²) in [5, 5.41) is 1.23. The van der Waals surface area contributed by atoms with Gasteiger partial charge in [0.05, 0.1) is 5.69 Å². The van der Waals surface area contributed by atoms with Crippen molar-refractivity contribution in [2.75, 3.05) is 7.05 Å². The number of nitrogens with one attached hydrogen (secondary N) is 1. The van der Waals surface area contributed by atoms with E-state index in [1.54, 1.807) is 7.05 Å². The molecule has 0 atom stereocenters. The number of para-hydroxylation sites is 1. The van der Waals surface area contributed by atoms with Gasteiger partial charge in [0.15, 0.2) is 0 Å². The Bertz CT molecular complexity index is 379. The van der Waals surface area contributed by atoms with Crippen molar-refractivity contribution in [1.29, 1.82) is 0 Å². The highest BCUT2D eigenvalue weighted by Crippen LogP contribution is 2.12. The van der Waals surface area contributed by atoms with Crippen LogP contribution in [0.1, 0.15) is 5.69 Å². The molecule has 1 N–H and O–H groups in total.